The van der Waals surface area contributed by atoms with E-state index in [1.165, 1.54) is 33.6 Å². The predicted octanol–water partition coefficient (Wildman–Crippen LogP) is 3.72. The van der Waals surface area contributed by atoms with Gasteiger partial charge in [-0.2, -0.15) is 0 Å². The summed E-state index contributed by atoms with van der Waals surface area (Å²) in [7, 11) is 0. The molecule has 1 N–H and O–H groups in total. The third kappa shape index (κ3) is 4.61. The first kappa shape index (κ1) is 26.9. The topological polar surface area (TPSA) is 108 Å². The van der Waals surface area contributed by atoms with Crippen LogP contribution in [0.25, 0.3) is 0 Å². The van der Waals surface area contributed by atoms with Crippen molar-refractivity contribution in [2.24, 2.45) is 0 Å². The van der Waals surface area contributed by atoms with Crippen LogP contribution in [0.4, 0.5) is 13.6 Å². The zero-order valence-corrected chi connectivity index (χ0v) is 23.0. The Kier molecular flexibility index (Phi) is 6.87. The summed E-state index contributed by atoms with van der Waals surface area (Å²) in [5.41, 5.74) is 5.19. The van der Waals surface area contributed by atoms with E-state index in [4.69, 9.17) is 18.9 Å². The van der Waals surface area contributed by atoms with E-state index in [9.17, 15) is 23.2 Å². The number of carbonyl (C=O) groups excluding carboxylic acids is 2. The number of hydrogen-bond acceptors (Lipinski definition) is 9. The van der Waals surface area contributed by atoms with Crippen molar-refractivity contribution >= 4 is 23.8 Å². The molecule has 218 valence electrons. The zero-order valence-electron chi connectivity index (χ0n) is 22.1. The number of rotatable bonds is 3. The first-order valence-electron chi connectivity index (χ1n) is 13.5. The molecule has 0 spiro atoms. The molecule has 5 heterocycles. The largest absolute Gasteiger partial charge is 0.514 e. The van der Waals surface area contributed by atoms with Gasteiger partial charge in [0.1, 0.15) is 18.4 Å². The molecular formula is C29H25F2N3O7S. The van der Waals surface area contributed by atoms with E-state index in [1.54, 1.807) is 6.07 Å². The highest BCUT2D eigenvalue weighted by molar-refractivity contribution is 7.98. The normalized spacial score (nSPS) is 22.7. The average Bonchev–Trinajstić information content (AvgIpc) is 3.41. The summed E-state index contributed by atoms with van der Waals surface area (Å²) in [4.78, 5) is 41.5. The van der Waals surface area contributed by atoms with Crippen molar-refractivity contribution in [1.82, 2.24) is 9.58 Å². The summed E-state index contributed by atoms with van der Waals surface area (Å²) in [6.07, 6.45) is -0.614. The van der Waals surface area contributed by atoms with E-state index in [0.29, 0.717) is 30.6 Å². The molecule has 0 unspecified atom stereocenters. The second-order valence-corrected chi connectivity index (χ2v) is 11.4. The zero-order chi connectivity index (χ0) is 29.0. The molecule has 4 aliphatic heterocycles. The van der Waals surface area contributed by atoms with Gasteiger partial charge in [0, 0.05) is 41.4 Å². The van der Waals surface area contributed by atoms with Crippen LogP contribution in [0.5, 0.6) is 5.75 Å². The highest BCUT2D eigenvalue weighted by Gasteiger charge is 2.44. The van der Waals surface area contributed by atoms with Gasteiger partial charge in [0.2, 0.25) is 11.2 Å². The van der Waals surface area contributed by atoms with Crippen molar-refractivity contribution in [2.75, 3.05) is 31.8 Å². The van der Waals surface area contributed by atoms with Gasteiger partial charge in [-0.05, 0) is 35.2 Å². The summed E-state index contributed by atoms with van der Waals surface area (Å²) in [5, 5.41) is 0. The molecule has 0 aliphatic carbocycles. The number of nitrogens with one attached hydrogen (secondary N) is 1. The number of halogens is 2. The molecule has 0 bridgehead atoms. The third-order valence-corrected chi connectivity index (χ3v) is 9.01. The lowest BCUT2D eigenvalue weighted by molar-refractivity contribution is -0.0605. The van der Waals surface area contributed by atoms with Crippen LogP contribution in [-0.2, 0) is 26.4 Å². The van der Waals surface area contributed by atoms with Crippen molar-refractivity contribution in [1.29, 1.82) is 0 Å². The number of carbonyl (C=O) groups is 2. The highest BCUT2D eigenvalue weighted by Crippen LogP contribution is 2.41. The molecule has 0 saturated carbocycles. The Hall–Kier alpha value is -3.94. The lowest BCUT2D eigenvalue weighted by Crippen LogP contribution is -2.60. The Morgan fingerprint density at radius 3 is 2.81 bits per heavy atom. The highest BCUT2D eigenvalue weighted by atomic mass is 32.2. The van der Waals surface area contributed by atoms with E-state index in [1.807, 2.05) is 18.2 Å². The average molecular weight is 598 g/mol. The quantitative estimate of drug-likeness (QED) is 0.452. The first-order valence-corrected chi connectivity index (χ1v) is 14.5. The fraction of sp³-hybridized carbons (Fsp3) is 0.345. The fourth-order valence-corrected chi connectivity index (χ4v) is 6.97. The van der Waals surface area contributed by atoms with Crippen LogP contribution in [0.1, 0.15) is 45.3 Å². The molecule has 0 radical (unpaired) electrons. The second kappa shape index (κ2) is 10.7. The molecule has 4 aliphatic rings. The van der Waals surface area contributed by atoms with Gasteiger partial charge in [0.25, 0.3) is 5.91 Å². The van der Waals surface area contributed by atoms with Gasteiger partial charge >= 0.3 is 6.16 Å². The summed E-state index contributed by atoms with van der Waals surface area (Å²) < 4.78 is 51.9. The minimum atomic E-state index is -1.09. The fourth-order valence-electron chi connectivity index (χ4n) is 5.82. The molecule has 42 heavy (non-hydrogen) atoms. The van der Waals surface area contributed by atoms with Crippen molar-refractivity contribution < 1.29 is 37.3 Å². The minimum Gasteiger partial charge on any atom is -0.428 e. The molecule has 1 amide bonds. The Morgan fingerprint density at radius 1 is 1.10 bits per heavy atom. The number of aromatic nitrogens is 1. The lowest BCUT2D eigenvalue weighted by atomic mass is 9.92. The predicted molar refractivity (Wildman–Crippen MR) is 145 cm³/mol. The first-order chi connectivity index (χ1) is 20.4. The van der Waals surface area contributed by atoms with E-state index in [0.717, 1.165) is 22.1 Å². The van der Waals surface area contributed by atoms with Crippen LogP contribution in [0.3, 0.4) is 0 Å². The van der Waals surface area contributed by atoms with Crippen LogP contribution in [0, 0.1) is 11.6 Å². The molecule has 2 aromatic carbocycles. The Balaban J connectivity index is 1.22. The molecule has 7 rings (SSSR count). The number of pyridine rings is 1. The van der Waals surface area contributed by atoms with Gasteiger partial charge in [-0.3, -0.25) is 14.3 Å². The van der Waals surface area contributed by atoms with E-state index < -0.39 is 53.2 Å². The van der Waals surface area contributed by atoms with Crippen LogP contribution in [0.2, 0.25) is 0 Å². The molecule has 13 heteroatoms. The van der Waals surface area contributed by atoms with Crippen molar-refractivity contribution in [2.45, 2.75) is 41.9 Å². The Morgan fingerprint density at radius 2 is 1.98 bits per heavy atom. The van der Waals surface area contributed by atoms with E-state index >= 15 is 0 Å². The summed E-state index contributed by atoms with van der Waals surface area (Å²) in [6, 6.07) is 9.65. The van der Waals surface area contributed by atoms with Crippen LogP contribution >= 0.6 is 11.8 Å². The van der Waals surface area contributed by atoms with Crippen LogP contribution in [-0.4, -0.2) is 60.3 Å². The number of fused-ring (bicyclic) bond motifs is 4. The maximum absolute atomic E-state index is 14.7. The summed E-state index contributed by atoms with van der Waals surface area (Å²) in [6.45, 7) is 1.11. The van der Waals surface area contributed by atoms with Gasteiger partial charge in [-0.25, -0.2) is 13.6 Å². The number of thioether (sulfide) groups is 1. The van der Waals surface area contributed by atoms with E-state index in [2.05, 4.69) is 5.43 Å². The number of amides is 1. The van der Waals surface area contributed by atoms with Gasteiger partial charge in [0.05, 0.1) is 19.8 Å². The van der Waals surface area contributed by atoms with Crippen LogP contribution in [0.15, 0.2) is 52.3 Å². The molecule has 2 saturated heterocycles. The van der Waals surface area contributed by atoms with Crippen molar-refractivity contribution in [3.8, 4) is 5.75 Å². The number of ether oxygens (including phenoxy) is 4. The molecule has 1 aromatic heterocycles. The third-order valence-electron chi connectivity index (χ3n) is 7.89. The molecule has 3 atom stereocenters. The Labute approximate surface area is 242 Å². The van der Waals surface area contributed by atoms with Crippen molar-refractivity contribution in [3.05, 3.63) is 92.4 Å². The van der Waals surface area contributed by atoms with Crippen LogP contribution < -0.4 is 15.6 Å². The molecule has 2 fully saturated rings. The summed E-state index contributed by atoms with van der Waals surface area (Å²) >= 11 is 1.42. The number of morpholine rings is 1. The molecular weight excluding hydrogens is 572 g/mol. The van der Waals surface area contributed by atoms with Gasteiger partial charge in [-0.1, -0.05) is 18.2 Å². The van der Waals surface area contributed by atoms with Gasteiger partial charge < -0.3 is 29.3 Å². The van der Waals surface area contributed by atoms with Gasteiger partial charge in [0.15, 0.2) is 17.3 Å². The second-order valence-electron chi connectivity index (χ2n) is 10.3. The SMILES string of the molecule is O=C(Oc1c2n(ccc1=O)N[C@@H]1[C@H](c3cccc4c3Cc3ccc(F)c(F)c3CS4)OCCN1C2=O)O[C@@H]1CCOC1. The van der Waals surface area contributed by atoms with Crippen molar-refractivity contribution in [3.63, 3.8) is 0 Å². The number of hydrogen-bond donors (Lipinski definition) is 1. The maximum atomic E-state index is 14.7. The standard InChI is InChI=1S/C29H25F2N3O7S/c30-20-5-4-15-12-18-17(2-1-3-22(18)42-14-19(15)23(20)31)25-27-32-34-8-6-21(35)26(24(34)28(36)33(27)9-11-39-25)41-29(37)40-16-7-10-38-13-16/h1-6,8,16,25,27,32H,7,9-14H2/t16-,25+,27+/m1/s1. The van der Waals surface area contributed by atoms with Gasteiger partial charge in [-0.15, -0.1) is 11.8 Å². The number of benzene rings is 2. The Bertz CT molecular complexity index is 1660. The number of nitrogens with zero attached hydrogens (tertiary/aromatic N) is 2. The lowest BCUT2D eigenvalue weighted by Gasteiger charge is -2.46. The summed E-state index contributed by atoms with van der Waals surface area (Å²) in [5.74, 6) is -2.38. The van der Waals surface area contributed by atoms with E-state index in [-0.39, 0.29) is 31.2 Å². The maximum Gasteiger partial charge on any atom is 0.514 e. The molecule has 10 nitrogen and oxygen atoms in total. The minimum absolute atomic E-state index is 0.132. The smallest absolute Gasteiger partial charge is 0.428 e. The molecule has 3 aromatic rings. The monoisotopic (exact) mass is 597 g/mol.